The van der Waals surface area contributed by atoms with Gasteiger partial charge in [-0.15, -0.1) is 0 Å². The van der Waals surface area contributed by atoms with Crippen LogP contribution in [0.1, 0.15) is 75.2 Å². The standard InChI is InChI=1S/2C26H35N5O5/c2*1-6-18-11-19(9-16(4)24(18)35-15-21(33)13-27-23(34)14-32)25-29-26(36-30-25)20-10-17(5)28-22(12-20)31(7-2)8-3/h2*9-12,21,32-33H,6-8,13-15H2,1-5H3,(H,27,34)/t2*21-/m00/s1. The maximum absolute atomic E-state index is 11.2. The lowest BCUT2D eigenvalue weighted by atomic mass is 10.0. The normalized spacial score (nSPS) is 11.9. The van der Waals surface area contributed by atoms with E-state index in [2.05, 4.69) is 78.4 Å². The van der Waals surface area contributed by atoms with E-state index in [-0.39, 0.29) is 26.3 Å². The third-order valence-corrected chi connectivity index (χ3v) is 11.6. The molecule has 6 rings (SSSR count). The summed E-state index contributed by atoms with van der Waals surface area (Å²) < 4.78 is 23.0. The van der Waals surface area contributed by atoms with Gasteiger partial charge in [0.15, 0.2) is 0 Å². The first-order chi connectivity index (χ1) is 34.6. The van der Waals surface area contributed by atoms with E-state index in [1.165, 1.54) is 0 Å². The highest BCUT2D eigenvalue weighted by Crippen LogP contribution is 2.34. The molecule has 0 aliphatic rings. The molecule has 0 radical (unpaired) electrons. The molecule has 0 saturated heterocycles. The molecule has 0 saturated carbocycles. The fraction of sp³-hybridized carbons (Fsp3) is 0.462. The van der Waals surface area contributed by atoms with Gasteiger partial charge in [0.25, 0.3) is 11.8 Å². The van der Waals surface area contributed by atoms with Gasteiger partial charge in [0.1, 0.15) is 61.8 Å². The molecule has 0 spiro atoms. The second-order valence-electron chi connectivity index (χ2n) is 17.0. The van der Waals surface area contributed by atoms with Crippen molar-refractivity contribution < 1.29 is 48.5 Å². The van der Waals surface area contributed by atoms with Crippen LogP contribution in [0.5, 0.6) is 11.5 Å². The van der Waals surface area contributed by atoms with Crippen molar-refractivity contribution in [1.29, 1.82) is 0 Å². The van der Waals surface area contributed by atoms with E-state index < -0.39 is 37.2 Å². The van der Waals surface area contributed by atoms with E-state index in [1.54, 1.807) is 0 Å². The molecule has 0 unspecified atom stereocenters. The molecule has 2 aromatic carbocycles. The quantitative estimate of drug-likeness (QED) is 0.0446. The zero-order valence-corrected chi connectivity index (χ0v) is 43.1. The number of aryl methyl sites for hydroxylation is 6. The van der Waals surface area contributed by atoms with E-state index in [9.17, 15) is 19.8 Å². The molecule has 2 atom stereocenters. The van der Waals surface area contributed by atoms with Crippen molar-refractivity contribution in [3.05, 3.63) is 82.2 Å². The van der Waals surface area contributed by atoms with E-state index in [0.717, 1.165) is 93.7 Å². The molecule has 6 aromatic rings. The zero-order valence-electron chi connectivity index (χ0n) is 43.1. The number of nitrogens with one attached hydrogen (secondary N) is 2. The Labute approximate surface area is 420 Å². The van der Waals surface area contributed by atoms with Crippen molar-refractivity contribution in [1.82, 2.24) is 40.9 Å². The predicted molar refractivity (Wildman–Crippen MR) is 274 cm³/mol. The van der Waals surface area contributed by atoms with Crippen LogP contribution in [0.2, 0.25) is 0 Å². The van der Waals surface area contributed by atoms with Crippen LogP contribution in [0.4, 0.5) is 11.6 Å². The SMILES string of the molecule is CCc1cc(-c2noc(-c3cc(C)nc(N(CC)CC)c3)n2)cc(C)c1OC[C@@H](O)CNC(=O)CO.CCc1cc(-c2noc(-c3cc(C)nc(N(CC)CC)c3)n2)cc(C)c1OC[C@@H](O)CNC(=O)CO. The number of carbonyl (C=O) groups is 2. The third kappa shape index (κ3) is 15.0. The van der Waals surface area contributed by atoms with Crippen LogP contribution in [0.25, 0.3) is 45.7 Å². The van der Waals surface area contributed by atoms with Crippen LogP contribution in [-0.2, 0) is 22.4 Å². The molecule has 0 bridgehead atoms. The molecule has 4 aromatic heterocycles. The highest BCUT2D eigenvalue weighted by molar-refractivity contribution is 5.77. The summed E-state index contributed by atoms with van der Waals surface area (Å²) >= 11 is 0. The Kier molecular flexibility index (Phi) is 21.0. The number of ether oxygens (including phenoxy) is 2. The van der Waals surface area contributed by atoms with Gasteiger partial charge in [0.05, 0.1) is 0 Å². The summed E-state index contributed by atoms with van der Waals surface area (Å²) in [4.78, 5) is 45.2. The Morgan fingerprint density at radius 1 is 0.556 bits per heavy atom. The lowest BCUT2D eigenvalue weighted by Crippen LogP contribution is -2.36. The number of rotatable bonds is 24. The van der Waals surface area contributed by atoms with Crippen LogP contribution in [0.15, 0.2) is 57.6 Å². The first kappa shape index (κ1) is 55.9. The summed E-state index contributed by atoms with van der Waals surface area (Å²) in [5, 5.41) is 51.0. The topological polar surface area (TPSA) is 268 Å². The first-order valence-corrected chi connectivity index (χ1v) is 24.4. The van der Waals surface area contributed by atoms with Gasteiger partial charge in [0, 0.05) is 72.9 Å². The van der Waals surface area contributed by atoms with Gasteiger partial charge < -0.3 is 59.4 Å². The number of amides is 2. The minimum absolute atomic E-state index is 0.00151. The molecular weight excluding hydrogens is 925 g/mol. The lowest BCUT2D eigenvalue weighted by molar-refractivity contribution is -0.125. The summed E-state index contributed by atoms with van der Waals surface area (Å²) in [5.74, 6) is 3.79. The fourth-order valence-corrected chi connectivity index (χ4v) is 7.83. The number of aliphatic hydroxyl groups excluding tert-OH is 4. The van der Waals surface area contributed by atoms with Gasteiger partial charge in [-0.3, -0.25) is 9.59 Å². The monoisotopic (exact) mass is 995 g/mol. The highest BCUT2D eigenvalue weighted by Gasteiger charge is 2.20. The van der Waals surface area contributed by atoms with Gasteiger partial charge in [0.2, 0.25) is 23.5 Å². The van der Waals surface area contributed by atoms with E-state index in [4.69, 9.17) is 28.7 Å². The molecule has 388 valence electrons. The van der Waals surface area contributed by atoms with Crippen LogP contribution in [0.3, 0.4) is 0 Å². The Balaban J connectivity index is 0.000000267. The Morgan fingerprint density at radius 3 is 1.26 bits per heavy atom. The predicted octanol–water partition coefficient (Wildman–Crippen LogP) is 5.34. The second kappa shape index (κ2) is 27.0. The van der Waals surface area contributed by atoms with Crippen molar-refractivity contribution in [2.45, 2.75) is 94.3 Å². The number of hydrogen-bond donors (Lipinski definition) is 6. The van der Waals surface area contributed by atoms with Crippen molar-refractivity contribution in [2.75, 3.05) is 75.5 Å². The number of anilines is 2. The van der Waals surface area contributed by atoms with Gasteiger partial charge in [-0.2, -0.15) is 9.97 Å². The maximum atomic E-state index is 11.2. The number of aromatic nitrogens is 6. The molecule has 4 heterocycles. The third-order valence-electron chi connectivity index (χ3n) is 11.6. The van der Waals surface area contributed by atoms with E-state index >= 15 is 0 Å². The number of carbonyl (C=O) groups excluding carboxylic acids is 2. The van der Waals surface area contributed by atoms with Crippen molar-refractivity contribution >= 4 is 23.5 Å². The van der Waals surface area contributed by atoms with Crippen LogP contribution in [-0.4, -0.2) is 140 Å². The first-order valence-electron chi connectivity index (χ1n) is 24.4. The van der Waals surface area contributed by atoms with Gasteiger partial charge in [-0.1, -0.05) is 24.2 Å². The number of aliphatic hydroxyl groups is 4. The summed E-state index contributed by atoms with van der Waals surface area (Å²) in [5.41, 5.74) is 8.59. The molecule has 6 N–H and O–H groups in total. The molecule has 0 aliphatic heterocycles. The summed E-state index contributed by atoms with van der Waals surface area (Å²) in [7, 11) is 0. The number of benzene rings is 2. The largest absolute Gasteiger partial charge is 0.490 e. The fourth-order valence-electron chi connectivity index (χ4n) is 7.83. The van der Waals surface area contributed by atoms with Crippen LogP contribution < -0.4 is 29.9 Å². The number of nitrogens with zero attached hydrogens (tertiary/aromatic N) is 8. The highest BCUT2D eigenvalue weighted by atomic mass is 16.5. The molecular formula is C52H70N10O10. The van der Waals surface area contributed by atoms with Gasteiger partial charge >= 0.3 is 0 Å². The Bertz CT molecular complexity index is 2530. The van der Waals surface area contributed by atoms with Crippen molar-refractivity contribution in [3.8, 4) is 57.2 Å². The zero-order chi connectivity index (χ0) is 52.5. The summed E-state index contributed by atoms with van der Waals surface area (Å²) in [6.45, 7) is 22.3. The molecule has 0 fully saturated rings. The number of hydrogen-bond acceptors (Lipinski definition) is 18. The molecule has 72 heavy (non-hydrogen) atoms. The van der Waals surface area contributed by atoms with Crippen molar-refractivity contribution in [2.24, 2.45) is 0 Å². The van der Waals surface area contributed by atoms with Crippen molar-refractivity contribution in [3.63, 3.8) is 0 Å². The van der Waals surface area contributed by atoms with E-state index in [1.807, 2.05) is 90.1 Å². The molecule has 20 heteroatoms. The van der Waals surface area contributed by atoms with Gasteiger partial charge in [-0.05, 0) is 139 Å². The average molecular weight is 995 g/mol. The number of pyridine rings is 2. The minimum atomic E-state index is -0.908. The minimum Gasteiger partial charge on any atom is -0.490 e. The molecule has 0 aliphatic carbocycles. The van der Waals surface area contributed by atoms with E-state index in [0.29, 0.717) is 47.8 Å². The average Bonchev–Trinajstić information content (AvgIpc) is 4.09. The van der Waals surface area contributed by atoms with Crippen LogP contribution >= 0.6 is 0 Å². The second-order valence-corrected chi connectivity index (χ2v) is 17.0. The van der Waals surface area contributed by atoms with Crippen LogP contribution in [0, 0.1) is 27.7 Å². The summed E-state index contributed by atoms with van der Waals surface area (Å²) in [6.07, 6.45) is -0.422. The Hall–Kier alpha value is -7.00. The maximum Gasteiger partial charge on any atom is 0.258 e. The molecule has 20 nitrogen and oxygen atoms in total. The summed E-state index contributed by atoms with van der Waals surface area (Å²) in [6, 6.07) is 15.5. The molecule has 2 amide bonds. The Morgan fingerprint density at radius 2 is 0.931 bits per heavy atom. The van der Waals surface area contributed by atoms with Gasteiger partial charge in [-0.25, -0.2) is 9.97 Å². The smallest absolute Gasteiger partial charge is 0.258 e. The lowest BCUT2D eigenvalue weighted by Gasteiger charge is -2.20.